The number of ether oxygens (including phenoxy) is 1. The summed E-state index contributed by atoms with van der Waals surface area (Å²) >= 11 is 0. The Bertz CT molecular complexity index is 1230. The Morgan fingerprint density at radius 2 is 1.83 bits per heavy atom. The number of hydrogen-bond donors (Lipinski definition) is 1. The van der Waals surface area contributed by atoms with E-state index < -0.39 is 5.97 Å². The molecule has 30 heavy (non-hydrogen) atoms. The number of imidazole rings is 1. The maximum atomic E-state index is 12.4. The molecule has 0 aliphatic carbocycles. The van der Waals surface area contributed by atoms with Gasteiger partial charge in [0.2, 0.25) is 5.91 Å². The molecular formula is C24H21N3O3. The van der Waals surface area contributed by atoms with Crippen molar-refractivity contribution in [1.29, 1.82) is 0 Å². The molecule has 0 atom stereocenters. The molecule has 0 spiro atoms. The summed E-state index contributed by atoms with van der Waals surface area (Å²) in [5.74, 6) is -0.542. The first-order valence-electron chi connectivity index (χ1n) is 9.68. The second-order valence-electron chi connectivity index (χ2n) is 6.82. The lowest BCUT2D eigenvalue weighted by molar-refractivity contribution is -0.114. The molecule has 150 valence electrons. The van der Waals surface area contributed by atoms with Crippen molar-refractivity contribution in [3.63, 3.8) is 0 Å². The maximum Gasteiger partial charge on any atom is 0.338 e. The van der Waals surface area contributed by atoms with Crippen molar-refractivity contribution in [2.24, 2.45) is 0 Å². The van der Waals surface area contributed by atoms with E-state index in [0.29, 0.717) is 23.4 Å². The number of hydrogen-bond acceptors (Lipinski definition) is 4. The molecule has 3 aromatic carbocycles. The minimum Gasteiger partial charge on any atom is -0.462 e. The number of benzene rings is 3. The molecule has 0 saturated carbocycles. The van der Waals surface area contributed by atoms with Crippen LogP contribution in [0.1, 0.15) is 24.2 Å². The van der Waals surface area contributed by atoms with Crippen LogP contribution in [0.4, 0.5) is 5.69 Å². The lowest BCUT2D eigenvalue weighted by atomic mass is 10.00. The quantitative estimate of drug-likeness (QED) is 0.488. The number of esters is 1. The van der Waals surface area contributed by atoms with Crippen molar-refractivity contribution < 1.29 is 14.3 Å². The van der Waals surface area contributed by atoms with E-state index in [1.165, 1.54) is 6.92 Å². The van der Waals surface area contributed by atoms with Gasteiger partial charge in [-0.05, 0) is 48.9 Å². The van der Waals surface area contributed by atoms with E-state index in [2.05, 4.69) is 10.3 Å². The average Bonchev–Trinajstić information content (AvgIpc) is 3.18. The van der Waals surface area contributed by atoms with Gasteiger partial charge in [-0.15, -0.1) is 0 Å². The minimum atomic E-state index is -0.395. The molecule has 0 unspecified atom stereocenters. The van der Waals surface area contributed by atoms with Crippen molar-refractivity contribution in [2.45, 2.75) is 13.8 Å². The molecule has 4 rings (SSSR count). The summed E-state index contributed by atoms with van der Waals surface area (Å²) in [6.45, 7) is 3.54. The Hall–Kier alpha value is -3.93. The van der Waals surface area contributed by atoms with Crippen LogP contribution in [0.3, 0.4) is 0 Å². The molecule has 1 amide bonds. The maximum absolute atomic E-state index is 12.4. The van der Waals surface area contributed by atoms with Crippen LogP contribution in [0.15, 0.2) is 73.1 Å². The van der Waals surface area contributed by atoms with E-state index in [1.807, 2.05) is 65.2 Å². The Morgan fingerprint density at radius 3 is 2.57 bits per heavy atom. The minimum absolute atomic E-state index is 0.146. The van der Waals surface area contributed by atoms with Crippen LogP contribution >= 0.6 is 0 Å². The summed E-state index contributed by atoms with van der Waals surface area (Å²) in [6, 6.07) is 21.0. The number of aromatic nitrogens is 2. The number of carbonyl (C=O) groups excluding carboxylic acids is 2. The van der Waals surface area contributed by atoms with Gasteiger partial charge in [0, 0.05) is 23.9 Å². The molecule has 0 bridgehead atoms. The van der Waals surface area contributed by atoms with E-state index in [1.54, 1.807) is 19.3 Å². The fourth-order valence-corrected chi connectivity index (χ4v) is 3.45. The first kappa shape index (κ1) is 19.4. The number of nitrogens with zero attached hydrogens (tertiary/aromatic N) is 2. The lowest BCUT2D eigenvalue weighted by Gasteiger charge is -2.12. The molecular weight excluding hydrogens is 378 g/mol. The number of anilines is 1. The van der Waals surface area contributed by atoms with Crippen LogP contribution in [0, 0.1) is 0 Å². The number of carbonyl (C=O) groups is 2. The monoisotopic (exact) mass is 399 g/mol. The summed E-state index contributed by atoms with van der Waals surface area (Å²) in [5, 5.41) is 2.81. The van der Waals surface area contributed by atoms with Crippen LogP contribution in [0.5, 0.6) is 0 Å². The predicted octanol–water partition coefficient (Wildman–Crippen LogP) is 4.83. The molecule has 4 aromatic rings. The summed E-state index contributed by atoms with van der Waals surface area (Å²) in [4.78, 5) is 28.5. The zero-order valence-electron chi connectivity index (χ0n) is 16.8. The SMILES string of the molecule is CCOC(=O)c1cc(-c2cccc(NC(C)=O)c2)c2c(c1)ncn2-c1ccccc1. The number of amides is 1. The molecule has 1 N–H and O–H groups in total. The Morgan fingerprint density at radius 1 is 1.03 bits per heavy atom. The van der Waals surface area contributed by atoms with E-state index in [9.17, 15) is 9.59 Å². The van der Waals surface area contributed by atoms with Gasteiger partial charge in [0.15, 0.2) is 0 Å². The molecule has 0 fully saturated rings. The molecule has 0 radical (unpaired) electrons. The summed E-state index contributed by atoms with van der Waals surface area (Å²) in [6.07, 6.45) is 1.75. The normalized spacial score (nSPS) is 10.7. The van der Waals surface area contributed by atoms with Gasteiger partial charge in [-0.3, -0.25) is 9.36 Å². The molecule has 6 nitrogen and oxygen atoms in total. The highest BCUT2D eigenvalue weighted by Crippen LogP contribution is 2.33. The fourth-order valence-electron chi connectivity index (χ4n) is 3.45. The largest absolute Gasteiger partial charge is 0.462 e. The molecule has 0 saturated heterocycles. The van der Waals surface area contributed by atoms with Crippen LogP contribution in [-0.2, 0) is 9.53 Å². The van der Waals surface area contributed by atoms with E-state index in [-0.39, 0.29) is 5.91 Å². The fraction of sp³-hybridized carbons (Fsp3) is 0.125. The molecule has 1 heterocycles. The van der Waals surface area contributed by atoms with Crippen molar-refractivity contribution in [3.05, 3.63) is 78.6 Å². The van der Waals surface area contributed by atoms with Gasteiger partial charge in [0.1, 0.15) is 6.33 Å². The van der Waals surface area contributed by atoms with Gasteiger partial charge >= 0.3 is 5.97 Å². The molecule has 1 aromatic heterocycles. The first-order chi connectivity index (χ1) is 14.6. The topological polar surface area (TPSA) is 73.2 Å². The number of nitrogens with one attached hydrogen (secondary N) is 1. The molecule has 0 aliphatic rings. The van der Waals surface area contributed by atoms with Crippen LogP contribution in [0.25, 0.3) is 27.8 Å². The smallest absolute Gasteiger partial charge is 0.338 e. The van der Waals surface area contributed by atoms with Crippen molar-refractivity contribution in [2.75, 3.05) is 11.9 Å². The predicted molar refractivity (Wildman–Crippen MR) is 117 cm³/mol. The highest BCUT2D eigenvalue weighted by Gasteiger charge is 2.17. The van der Waals surface area contributed by atoms with Crippen LogP contribution < -0.4 is 5.32 Å². The van der Waals surface area contributed by atoms with Gasteiger partial charge in [-0.2, -0.15) is 0 Å². The number of para-hydroxylation sites is 1. The second-order valence-corrected chi connectivity index (χ2v) is 6.82. The highest BCUT2D eigenvalue weighted by molar-refractivity contribution is 6.01. The molecule has 6 heteroatoms. The molecule has 0 aliphatic heterocycles. The number of rotatable bonds is 5. The van der Waals surface area contributed by atoms with Crippen LogP contribution in [-0.4, -0.2) is 28.0 Å². The van der Waals surface area contributed by atoms with E-state index in [0.717, 1.165) is 22.3 Å². The van der Waals surface area contributed by atoms with E-state index >= 15 is 0 Å². The lowest BCUT2D eigenvalue weighted by Crippen LogP contribution is -2.06. The zero-order chi connectivity index (χ0) is 21.1. The first-order valence-corrected chi connectivity index (χ1v) is 9.68. The summed E-state index contributed by atoms with van der Waals surface area (Å²) in [5.41, 5.74) is 5.31. The Labute approximate surface area is 174 Å². The third-order valence-corrected chi connectivity index (χ3v) is 4.68. The van der Waals surface area contributed by atoms with Gasteiger partial charge < -0.3 is 10.1 Å². The average molecular weight is 399 g/mol. The number of fused-ring (bicyclic) bond motifs is 1. The van der Waals surface area contributed by atoms with Gasteiger partial charge in [0.25, 0.3) is 0 Å². The van der Waals surface area contributed by atoms with Crippen molar-refractivity contribution in [1.82, 2.24) is 9.55 Å². The summed E-state index contributed by atoms with van der Waals surface area (Å²) in [7, 11) is 0. The van der Waals surface area contributed by atoms with Gasteiger partial charge in [-0.1, -0.05) is 30.3 Å². The van der Waals surface area contributed by atoms with E-state index in [4.69, 9.17) is 4.74 Å². The summed E-state index contributed by atoms with van der Waals surface area (Å²) < 4.78 is 7.20. The van der Waals surface area contributed by atoms with Gasteiger partial charge in [0.05, 0.1) is 23.2 Å². The van der Waals surface area contributed by atoms with Crippen molar-refractivity contribution in [3.8, 4) is 16.8 Å². The van der Waals surface area contributed by atoms with Crippen LogP contribution in [0.2, 0.25) is 0 Å². The Balaban J connectivity index is 1.96. The zero-order valence-corrected chi connectivity index (χ0v) is 16.8. The van der Waals surface area contributed by atoms with Crippen molar-refractivity contribution >= 4 is 28.6 Å². The third kappa shape index (κ3) is 3.80. The third-order valence-electron chi connectivity index (χ3n) is 4.68. The standard InChI is InChI=1S/C24H21N3O3/c1-3-30-24(29)18-13-21(17-8-7-9-19(12-17)26-16(2)28)23-22(14-18)25-15-27(23)20-10-5-4-6-11-20/h4-15H,3H2,1-2H3,(H,26,28). The highest BCUT2D eigenvalue weighted by atomic mass is 16.5. The Kier molecular flexibility index (Phi) is 5.30. The van der Waals surface area contributed by atoms with Gasteiger partial charge in [-0.25, -0.2) is 9.78 Å². The second kappa shape index (κ2) is 8.21.